The molecule has 0 bridgehead atoms. The van der Waals surface area contributed by atoms with Gasteiger partial charge in [-0.2, -0.15) is 0 Å². The SMILES string of the molecule is CON=C(c1ccccc1)c1ccccc1.CON=C1CCCCC1.CON=Cc1c(F)c(F)c(F)c(F)c1F.CON=Cc1ccccc1. The summed E-state index contributed by atoms with van der Waals surface area (Å²) in [7, 11) is 5.76. The van der Waals surface area contributed by atoms with Gasteiger partial charge in [0.1, 0.15) is 34.2 Å². The standard InChI is InChI=1S/C14H13NO.C8H4F5NO.C8H9NO.C7H13NO/c1-16-15-14(12-8-4-2-5-9-12)13-10-6-3-7-11-13;1-15-14-2-3-4(9)6(11)8(13)7(12)5(3)10;1-10-9-7-8-5-3-2-4-6-8;1-9-8-7-5-3-2-4-6-7/h2-11H,1H3;2H,1H3;2-7H,1H3;2-6H2,1H3. The van der Waals surface area contributed by atoms with E-state index in [4.69, 9.17) is 4.84 Å². The molecule has 1 aliphatic rings. The molecule has 0 amide bonds. The molecule has 1 aliphatic carbocycles. The zero-order valence-electron chi connectivity index (χ0n) is 28.2. The summed E-state index contributed by atoms with van der Waals surface area (Å²) in [5.74, 6) is -10.2. The van der Waals surface area contributed by atoms with Gasteiger partial charge in [0.05, 0.1) is 23.7 Å². The highest BCUT2D eigenvalue weighted by Gasteiger charge is 2.24. The molecule has 5 rings (SSSR count). The zero-order chi connectivity index (χ0) is 36.6. The first-order valence-electron chi connectivity index (χ1n) is 15.3. The second-order valence-electron chi connectivity index (χ2n) is 9.98. The molecule has 0 aliphatic heterocycles. The van der Waals surface area contributed by atoms with Gasteiger partial charge in [-0.15, -0.1) is 0 Å². The van der Waals surface area contributed by atoms with Crippen molar-refractivity contribution in [2.45, 2.75) is 32.1 Å². The summed E-state index contributed by atoms with van der Waals surface area (Å²) in [6, 6.07) is 29.8. The first kappa shape index (κ1) is 40.6. The Bertz CT molecular complexity index is 1600. The first-order chi connectivity index (χ1) is 24.3. The molecule has 0 unspecified atom stereocenters. The number of hydrogen-bond acceptors (Lipinski definition) is 8. The van der Waals surface area contributed by atoms with Crippen LogP contribution in [0.15, 0.2) is 112 Å². The lowest BCUT2D eigenvalue weighted by molar-refractivity contribution is 0.211. The number of benzene rings is 4. The monoisotopic (exact) mass is 698 g/mol. The third-order valence-electron chi connectivity index (χ3n) is 6.57. The predicted molar refractivity (Wildman–Crippen MR) is 185 cm³/mol. The number of halogens is 5. The lowest BCUT2D eigenvalue weighted by atomic mass is 9.99. The summed E-state index contributed by atoms with van der Waals surface area (Å²) in [6.45, 7) is 0. The molecule has 1 fully saturated rings. The minimum absolute atomic E-state index is 0.399. The van der Waals surface area contributed by atoms with Crippen molar-refractivity contribution in [2.75, 3.05) is 28.4 Å². The molecule has 4 aromatic carbocycles. The molecule has 0 heterocycles. The minimum atomic E-state index is -2.21. The molecule has 266 valence electrons. The van der Waals surface area contributed by atoms with E-state index >= 15 is 0 Å². The van der Waals surface area contributed by atoms with Gasteiger partial charge in [0.2, 0.25) is 5.82 Å². The largest absolute Gasteiger partial charge is 0.399 e. The van der Waals surface area contributed by atoms with Crippen molar-refractivity contribution in [3.63, 3.8) is 0 Å². The third-order valence-corrected chi connectivity index (χ3v) is 6.57. The molecule has 0 N–H and O–H groups in total. The quantitative estimate of drug-likeness (QED) is 0.0604. The van der Waals surface area contributed by atoms with E-state index in [0.717, 1.165) is 42.4 Å². The molecule has 8 nitrogen and oxygen atoms in total. The van der Waals surface area contributed by atoms with Crippen molar-refractivity contribution in [3.05, 3.63) is 142 Å². The van der Waals surface area contributed by atoms with Crippen LogP contribution < -0.4 is 0 Å². The molecule has 50 heavy (non-hydrogen) atoms. The Labute approximate surface area is 288 Å². The fourth-order valence-corrected chi connectivity index (χ4v) is 4.23. The summed E-state index contributed by atoms with van der Waals surface area (Å²) in [5, 5.41) is 14.5. The second-order valence-corrected chi connectivity index (χ2v) is 9.98. The third kappa shape index (κ3) is 13.9. The van der Waals surface area contributed by atoms with Crippen LogP contribution in [-0.2, 0) is 19.4 Å². The number of hydrogen-bond donors (Lipinski definition) is 0. The van der Waals surface area contributed by atoms with Crippen molar-refractivity contribution in [1.29, 1.82) is 0 Å². The van der Waals surface area contributed by atoms with E-state index in [9.17, 15) is 22.0 Å². The molecule has 0 saturated heterocycles. The Hall–Kier alpha value is -5.59. The van der Waals surface area contributed by atoms with E-state index in [1.807, 2.05) is 91.0 Å². The second kappa shape index (κ2) is 23.7. The van der Waals surface area contributed by atoms with Crippen LogP contribution in [0.2, 0.25) is 0 Å². The van der Waals surface area contributed by atoms with Crippen LogP contribution in [0.3, 0.4) is 0 Å². The van der Waals surface area contributed by atoms with E-state index in [2.05, 4.69) is 35.1 Å². The minimum Gasteiger partial charge on any atom is -0.399 e. The number of rotatable bonds is 8. The Balaban J connectivity index is 0.000000238. The maximum atomic E-state index is 12.9. The Kier molecular flexibility index (Phi) is 19.2. The highest BCUT2D eigenvalue weighted by molar-refractivity contribution is 6.12. The van der Waals surface area contributed by atoms with Gasteiger partial charge >= 0.3 is 0 Å². The van der Waals surface area contributed by atoms with Gasteiger partial charge in [0.15, 0.2) is 23.3 Å². The molecule has 0 spiro atoms. The Morgan fingerprint density at radius 3 is 1.40 bits per heavy atom. The van der Waals surface area contributed by atoms with Crippen LogP contribution in [-0.4, -0.2) is 52.3 Å². The highest BCUT2D eigenvalue weighted by Crippen LogP contribution is 2.21. The maximum Gasteiger partial charge on any atom is 0.200 e. The smallest absolute Gasteiger partial charge is 0.200 e. The Morgan fingerprint density at radius 2 is 0.960 bits per heavy atom. The van der Waals surface area contributed by atoms with Gasteiger partial charge in [-0.1, -0.05) is 118 Å². The van der Waals surface area contributed by atoms with Gasteiger partial charge in [-0.05, 0) is 31.2 Å². The fraction of sp³-hybridized carbons (Fsp3) is 0.243. The summed E-state index contributed by atoms with van der Waals surface area (Å²) in [5.41, 5.74) is 4.09. The van der Waals surface area contributed by atoms with Crippen LogP contribution in [0.5, 0.6) is 0 Å². The summed E-state index contributed by atoms with van der Waals surface area (Å²) >= 11 is 0. The van der Waals surface area contributed by atoms with Crippen LogP contribution >= 0.6 is 0 Å². The zero-order valence-corrected chi connectivity index (χ0v) is 28.2. The normalized spacial score (nSPS) is 11.9. The van der Waals surface area contributed by atoms with Crippen LogP contribution in [0.4, 0.5) is 22.0 Å². The first-order valence-corrected chi connectivity index (χ1v) is 15.3. The van der Waals surface area contributed by atoms with E-state index in [1.165, 1.54) is 32.1 Å². The summed E-state index contributed by atoms with van der Waals surface area (Å²) < 4.78 is 63.4. The Morgan fingerprint density at radius 1 is 0.520 bits per heavy atom. The van der Waals surface area contributed by atoms with E-state index in [0.29, 0.717) is 6.21 Å². The van der Waals surface area contributed by atoms with Gasteiger partial charge in [-0.25, -0.2) is 22.0 Å². The average molecular weight is 699 g/mol. The molecule has 0 radical (unpaired) electrons. The van der Waals surface area contributed by atoms with Gasteiger partial charge < -0.3 is 19.4 Å². The van der Waals surface area contributed by atoms with Crippen LogP contribution in [0, 0.1) is 29.1 Å². The molecule has 4 aromatic rings. The lowest BCUT2D eigenvalue weighted by Crippen LogP contribution is -2.06. The van der Waals surface area contributed by atoms with Crippen molar-refractivity contribution < 1.29 is 41.3 Å². The van der Waals surface area contributed by atoms with Gasteiger partial charge in [0.25, 0.3) is 0 Å². The molecule has 0 aromatic heterocycles. The number of oxime groups is 4. The van der Waals surface area contributed by atoms with Crippen LogP contribution in [0.1, 0.15) is 54.4 Å². The van der Waals surface area contributed by atoms with E-state index in [1.54, 1.807) is 20.4 Å². The summed E-state index contributed by atoms with van der Waals surface area (Å²) in [4.78, 5) is 18.1. The van der Waals surface area contributed by atoms with Gasteiger partial charge in [-0.3, -0.25) is 0 Å². The van der Waals surface area contributed by atoms with Crippen molar-refractivity contribution in [2.24, 2.45) is 20.6 Å². The molecular formula is C37H39F5N4O4. The molecular weight excluding hydrogens is 659 g/mol. The van der Waals surface area contributed by atoms with E-state index < -0.39 is 34.6 Å². The molecule has 1 saturated carbocycles. The predicted octanol–water partition coefficient (Wildman–Crippen LogP) is 9.07. The topological polar surface area (TPSA) is 86.4 Å². The average Bonchev–Trinajstić information content (AvgIpc) is 3.17. The van der Waals surface area contributed by atoms with Crippen molar-refractivity contribution in [1.82, 2.24) is 0 Å². The highest BCUT2D eigenvalue weighted by atomic mass is 19.2. The van der Waals surface area contributed by atoms with Crippen LogP contribution in [0.25, 0.3) is 0 Å². The number of nitrogens with zero attached hydrogens (tertiary/aromatic N) is 4. The maximum absolute atomic E-state index is 12.9. The fourth-order valence-electron chi connectivity index (χ4n) is 4.23. The van der Waals surface area contributed by atoms with Gasteiger partial charge in [0, 0.05) is 11.1 Å². The summed E-state index contributed by atoms with van der Waals surface area (Å²) in [6.07, 6.45) is 8.31. The van der Waals surface area contributed by atoms with E-state index in [-0.39, 0.29) is 0 Å². The van der Waals surface area contributed by atoms with Crippen molar-refractivity contribution >= 4 is 23.9 Å². The molecule has 0 atom stereocenters. The van der Waals surface area contributed by atoms with Crippen molar-refractivity contribution in [3.8, 4) is 0 Å². The lowest BCUT2D eigenvalue weighted by Gasteiger charge is -2.10. The molecule has 13 heteroatoms.